The number of hydrogen-bond acceptors (Lipinski definition) is 4. The van der Waals surface area contributed by atoms with Gasteiger partial charge in [-0.15, -0.1) is 0 Å². The second kappa shape index (κ2) is 7.26. The highest BCUT2D eigenvalue weighted by molar-refractivity contribution is 6.04. The van der Waals surface area contributed by atoms with Crippen LogP contribution in [0.5, 0.6) is 5.75 Å². The molecule has 2 rings (SSSR count). The first-order valence-corrected chi connectivity index (χ1v) is 6.77. The van der Waals surface area contributed by atoms with Gasteiger partial charge in [0.15, 0.2) is 6.61 Å². The number of para-hydroxylation sites is 1. The van der Waals surface area contributed by atoms with Crippen molar-refractivity contribution in [2.24, 2.45) is 0 Å². The van der Waals surface area contributed by atoms with Gasteiger partial charge in [-0.05, 0) is 42.8 Å². The Kier molecular flexibility index (Phi) is 5.14. The van der Waals surface area contributed by atoms with Gasteiger partial charge in [-0.1, -0.05) is 18.2 Å². The second-order valence-corrected chi connectivity index (χ2v) is 4.66. The molecule has 0 aliphatic heterocycles. The maximum absolute atomic E-state index is 12.2. The highest BCUT2D eigenvalue weighted by Crippen LogP contribution is 2.16. The summed E-state index contributed by atoms with van der Waals surface area (Å²) in [6.45, 7) is 1.77. The maximum Gasteiger partial charge on any atom is 0.343 e. The number of carbonyl (C=O) groups is 2. The molecule has 2 aromatic carbocycles. The van der Waals surface area contributed by atoms with Crippen LogP contribution in [0.1, 0.15) is 15.9 Å². The van der Waals surface area contributed by atoms with Crippen molar-refractivity contribution in [2.75, 3.05) is 19.0 Å². The number of methoxy groups -OCH3 is 1. The minimum absolute atomic E-state index is 0.161. The summed E-state index contributed by atoms with van der Waals surface area (Å²) in [5, 5.41) is 2.85. The van der Waals surface area contributed by atoms with Crippen LogP contribution in [-0.4, -0.2) is 25.6 Å². The summed E-state index contributed by atoms with van der Waals surface area (Å²) in [6, 6.07) is 14.1. The third-order valence-electron chi connectivity index (χ3n) is 3.09. The molecule has 0 saturated carbocycles. The quantitative estimate of drug-likeness (QED) is 0.862. The Morgan fingerprint density at radius 3 is 2.36 bits per heavy atom. The number of anilines is 1. The zero-order valence-electron chi connectivity index (χ0n) is 12.5. The Morgan fingerprint density at radius 1 is 1.05 bits per heavy atom. The highest BCUT2D eigenvalue weighted by atomic mass is 16.6. The molecule has 0 bridgehead atoms. The normalized spacial score (nSPS) is 9.91. The number of hydrogen-bond donors (Lipinski definition) is 1. The number of ether oxygens (including phenoxy) is 2. The lowest BCUT2D eigenvalue weighted by Gasteiger charge is -2.09. The first-order chi connectivity index (χ1) is 10.6. The summed E-state index contributed by atoms with van der Waals surface area (Å²) in [6.07, 6.45) is 0. The van der Waals surface area contributed by atoms with E-state index in [1.165, 1.54) is 7.11 Å². The topological polar surface area (TPSA) is 64.6 Å². The molecule has 5 nitrogen and oxygen atoms in total. The SMILES string of the molecule is COC(=O)COc1ccc(C(=O)Nc2ccccc2C)cc1. The van der Waals surface area contributed by atoms with Crippen molar-refractivity contribution < 1.29 is 19.1 Å². The summed E-state index contributed by atoms with van der Waals surface area (Å²) < 4.78 is 9.71. The molecular weight excluding hydrogens is 282 g/mol. The summed E-state index contributed by atoms with van der Waals surface area (Å²) in [4.78, 5) is 23.1. The van der Waals surface area contributed by atoms with E-state index in [0.29, 0.717) is 11.3 Å². The van der Waals surface area contributed by atoms with Crippen molar-refractivity contribution in [3.8, 4) is 5.75 Å². The van der Waals surface area contributed by atoms with Gasteiger partial charge in [0.1, 0.15) is 5.75 Å². The summed E-state index contributed by atoms with van der Waals surface area (Å²) in [5.74, 6) is -0.159. The molecule has 0 spiro atoms. The van der Waals surface area contributed by atoms with E-state index in [1.54, 1.807) is 24.3 Å². The van der Waals surface area contributed by atoms with Crippen molar-refractivity contribution in [3.63, 3.8) is 0 Å². The van der Waals surface area contributed by atoms with Crippen molar-refractivity contribution in [2.45, 2.75) is 6.92 Å². The average Bonchev–Trinajstić information content (AvgIpc) is 2.55. The molecule has 0 atom stereocenters. The third-order valence-corrected chi connectivity index (χ3v) is 3.09. The fourth-order valence-corrected chi connectivity index (χ4v) is 1.81. The number of aryl methyl sites for hydroxylation is 1. The van der Waals surface area contributed by atoms with Crippen LogP contribution in [0.2, 0.25) is 0 Å². The van der Waals surface area contributed by atoms with Gasteiger partial charge < -0.3 is 14.8 Å². The highest BCUT2D eigenvalue weighted by Gasteiger charge is 2.08. The van der Waals surface area contributed by atoms with Gasteiger partial charge in [0.2, 0.25) is 0 Å². The minimum atomic E-state index is -0.457. The Morgan fingerprint density at radius 2 is 1.73 bits per heavy atom. The summed E-state index contributed by atoms with van der Waals surface area (Å²) >= 11 is 0. The fourth-order valence-electron chi connectivity index (χ4n) is 1.81. The first-order valence-electron chi connectivity index (χ1n) is 6.77. The van der Waals surface area contributed by atoms with Crippen LogP contribution in [-0.2, 0) is 9.53 Å². The van der Waals surface area contributed by atoms with Crippen LogP contribution in [0.25, 0.3) is 0 Å². The van der Waals surface area contributed by atoms with Crippen LogP contribution in [0.3, 0.4) is 0 Å². The largest absolute Gasteiger partial charge is 0.482 e. The molecule has 114 valence electrons. The number of carbonyl (C=O) groups excluding carboxylic acids is 2. The van der Waals surface area contributed by atoms with Gasteiger partial charge in [-0.25, -0.2) is 4.79 Å². The van der Waals surface area contributed by atoms with Crippen molar-refractivity contribution >= 4 is 17.6 Å². The van der Waals surface area contributed by atoms with E-state index in [1.807, 2.05) is 31.2 Å². The lowest BCUT2D eigenvalue weighted by Crippen LogP contribution is -2.14. The zero-order chi connectivity index (χ0) is 15.9. The van der Waals surface area contributed by atoms with Crippen LogP contribution >= 0.6 is 0 Å². The molecule has 0 aliphatic carbocycles. The first kappa shape index (κ1) is 15.6. The third kappa shape index (κ3) is 4.09. The Hall–Kier alpha value is -2.82. The van der Waals surface area contributed by atoms with E-state index in [0.717, 1.165) is 11.3 Å². The Labute approximate surface area is 128 Å². The van der Waals surface area contributed by atoms with Crippen molar-refractivity contribution in [1.29, 1.82) is 0 Å². The Bertz CT molecular complexity index is 665. The predicted molar refractivity (Wildman–Crippen MR) is 83.1 cm³/mol. The number of rotatable bonds is 5. The second-order valence-electron chi connectivity index (χ2n) is 4.66. The molecule has 1 amide bonds. The molecule has 1 N–H and O–H groups in total. The monoisotopic (exact) mass is 299 g/mol. The maximum atomic E-state index is 12.2. The molecule has 0 radical (unpaired) electrons. The van der Waals surface area contributed by atoms with Gasteiger partial charge in [0, 0.05) is 11.3 Å². The van der Waals surface area contributed by atoms with E-state index in [-0.39, 0.29) is 12.5 Å². The minimum Gasteiger partial charge on any atom is -0.482 e. The standard InChI is InChI=1S/C17H17NO4/c1-12-5-3-4-6-15(12)18-17(20)13-7-9-14(10-8-13)22-11-16(19)21-2/h3-10H,11H2,1-2H3,(H,18,20). The summed E-state index contributed by atoms with van der Waals surface area (Å²) in [7, 11) is 1.30. The number of nitrogens with one attached hydrogen (secondary N) is 1. The molecular formula is C17H17NO4. The van der Waals surface area contributed by atoms with E-state index in [2.05, 4.69) is 10.1 Å². The van der Waals surface area contributed by atoms with E-state index < -0.39 is 5.97 Å². The molecule has 0 fully saturated rings. The van der Waals surface area contributed by atoms with Gasteiger partial charge in [0.05, 0.1) is 7.11 Å². The van der Waals surface area contributed by atoms with Crippen LogP contribution < -0.4 is 10.1 Å². The van der Waals surface area contributed by atoms with E-state index >= 15 is 0 Å². The van der Waals surface area contributed by atoms with E-state index in [4.69, 9.17) is 4.74 Å². The number of amides is 1. The molecule has 5 heteroatoms. The number of benzene rings is 2. The van der Waals surface area contributed by atoms with Crippen LogP contribution in [0, 0.1) is 6.92 Å². The fraction of sp³-hybridized carbons (Fsp3) is 0.176. The van der Waals surface area contributed by atoms with Gasteiger partial charge in [-0.2, -0.15) is 0 Å². The smallest absolute Gasteiger partial charge is 0.343 e. The Balaban J connectivity index is 1.99. The van der Waals surface area contributed by atoms with Crippen LogP contribution in [0.4, 0.5) is 5.69 Å². The average molecular weight is 299 g/mol. The van der Waals surface area contributed by atoms with Gasteiger partial charge >= 0.3 is 5.97 Å². The number of esters is 1. The zero-order valence-corrected chi connectivity index (χ0v) is 12.5. The molecule has 0 aromatic heterocycles. The van der Waals surface area contributed by atoms with E-state index in [9.17, 15) is 9.59 Å². The molecule has 0 heterocycles. The lowest BCUT2D eigenvalue weighted by atomic mass is 10.1. The summed E-state index contributed by atoms with van der Waals surface area (Å²) in [5.41, 5.74) is 2.28. The molecule has 0 unspecified atom stereocenters. The molecule has 2 aromatic rings. The predicted octanol–water partition coefficient (Wildman–Crippen LogP) is 2.80. The van der Waals surface area contributed by atoms with Gasteiger partial charge in [0.25, 0.3) is 5.91 Å². The molecule has 0 aliphatic rings. The molecule has 0 saturated heterocycles. The lowest BCUT2D eigenvalue weighted by molar-refractivity contribution is -0.142. The van der Waals surface area contributed by atoms with Crippen molar-refractivity contribution in [1.82, 2.24) is 0 Å². The van der Waals surface area contributed by atoms with Crippen molar-refractivity contribution in [3.05, 3.63) is 59.7 Å². The van der Waals surface area contributed by atoms with Gasteiger partial charge in [-0.3, -0.25) is 4.79 Å². The molecule has 22 heavy (non-hydrogen) atoms. The van der Waals surface area contributed by atoms with Crippen LogP contribution in [0.15, 0.2) is 48.5 Å².